The van der Waals surface area contributed by atoms with Gasteiger partial charge in [0.05, 0.1) is 142 Å². The largest absolute Gasteiger partial charge is 0.394 e. The fraction of sp³-hybridized carbons (Fsp3) is 1.00. The lowest BCUT2D eigenvalue weighted by atomic mass is 10.3. The molecule has 7 atom stereocenters. The average Bonchev–Trinajstić information content (AvgIpc) is 2.98. The average molecular weight is 633 g/mol. The number of aliphatic hydroxyl groups excluding tert-OH is 3. The molecule has 0 heterocycles. The topological polar surface area (TPSA) is 153 Å². The maximum Gasteiger partial charge on any atom is 0.0781 e. The third-order valence-corrected chi connectivity index (χ3v) is 5.32. The summed E-state index contributed by atoms with van der Waals surface area (Å²) in [6.07, 6.45) is -0.614. The number of aliphatic hydroxyl groups is 3. The van der Waals surface area contributed by atoms with Crippen LogP contribution in [-0.2, 0) is 47.4 Å². The van der Waals surface area contributed by atoms with E-state index in [4.69, 9.17) is 57.6 Å². The van der Waals surface area contributed by atoms with Gasteiger partial charge >= 0.3 is 0 Å². The molecule has 0 saturated carbocycles. The molecule has 0 bridgehead atoms. The highest BCUT2D eigenvalue weighted by atomic mass is 16.6. The fourth-order valence-electron chi connectivity index (χ4n) is 3.00. The van der Waals surface area contributed by atoms with E-state index in [9.17, 15) is 5.11 Å². The van der Waals surface area contributed by atoms with Gasteiger partial charge in [-0.25, -0.2) is 0 Å². The molecule has 0 aliphatic rings. The van der Waals surface area contributed by atoms with Crippen LogP contribution < -0.4 is 0 Å². The van der Waals surface area contributed by atoms with E-state index >= 15 is 0 Å². The van der Waals surface area contributed by atoms with Crippen LogP contribution in [0.3, 0.4) is 0 Å². The van der Waals surface area contributed by atoms with Crippen molar-refractivity contribution in [3.63, 3.8) is 0 Å². The van der Waals surface area contributed by atoms with Crippen molar-refractivity contribution < 1.29 is 62.7 Å². The van der Waals surface area contributed by atoms with Crippen molar-refractivity contribution >= 4 is 0 Å². The summed E-state index contributed by atoms with van der Waals surface area (Å²) in [5.41, 5.74) is 0. The summed E-state index contributed by atoms with van der Waals surface area (Å²) < 4.78 is 54.3. The minimum absolute atomic E-state index is 0.00557. The Morgan fingerprint density at radius 1 is 0.395 bits per heavy atom. The van der Waals surface area contributed by atoms with Gasteiger partial charge in [0, 0.05) is 7.11 Å². The van der Waals surface area contributed by atoms with Crippen LogP contribution in [0.5, 0.6) is 0 Å². The molecule has 0 aliphatic heterocycles. The normalized spacial score (nSPS) is 16.5. The summed E-state index contributed by atoms with van der Waals surface area (Å²) in [4.78, 5) is 0. The van der Waals surface area contributed by atoms with Crippen LogP contribution in [0.4, 0.5) is 0 Å². The van der Waals surface area contributed by atoms with E-state index in [2.05, 4.69) is 0 Å². The van der Waals surface area contributed by atoms with E-state index in [1.165, 1.54) is 0 Å². The van der Waals surface area contributed by atoms with E-state index < -0.39 is 6.10 Å². The van der Waals surface area contributed by atoms with Gasteiger partial charge in [-0.05, 0) is 48.5 Å². The molecule has 0 rings (SSSR count). The molecular weight excluding hydrogens is 568 g/mol. The van der Waals surface area contributed by atoms with Crippen LogP contribution >= 0.6 is 0 Å². The first-order valence-electron chi connectivity index (χ1n) is 15.4. The second-order valence-corrected chi connectivity index (χ2v) is 10.5. The molecule has 3 N–H and O–H groups in total. The Hall–Kier alpha value is -0.520. The van der Waals surface area contributed by atoms with Gasteiger partial charge in [0.25, 0.3) is 0 Å². The molecule has 0 aromatic heterocycles. The molecule has 0 saturated heterocycles. The Morgan fingerprint density at radius 3 is 0.907 bits per heavy atom. The van der Waals surface area contributed by atoms with Gasteiger partial charge in [-0.2, -0.15) is 0 Å². The molecular formula is C30H64O13. The molecule has 43 heavy (non-hydrogen) atoms. The number of methoxy groups -OCH3 is 1. The second-order valence-electron chi connectivity index (χ2n) is 10.5. The fourth-order valence-corrected chi connectivity index (χ4v) is 3.00. The van der Waals surface area contributed by atoms with Crippen molar-refractivity contribution in [2.24, 2.45) is 0 Å². The molecule has 0 amide bonds. The summed E-state index contributed by atoms with van der Waals surface area (Å²) in [6, 6.07) is 0. The van der Waals surface area contributed by atoms with Crippen LogP contribution in [0.15, 0.2) is 0 Å². The molecule has 0 aromatic carbocycles. The van der Waals surface area contributed by atoms with Crippen LogP contribution in [-0.4, -0.2) is 164 Å². The number of hydrogen-bond acceptors (Lipinski definition) is 13. The minimum Gasteiger partial charge on any atom is -0.394 e. The van der Waals surface area contributed by atoms with E-state index in [-0.39, 0.29) is 49.8 Å². The van der Waals surface area contributed by atoms with Crippen molar-refractivity contribution in [1.29, 1.82) is 0 Å². The highest BCUT2D eigenvalue weighted by molar-refractivity contribution is 4.58. The van der Waals surface area contributed by atoms with Crippen LogP contribution in [0.2, 0.25) is 0 Å². The maximum absolute atomic E-state index is 9.22. The van der Waals surface area contributed by atoms with Gasteiger partial charge < -0.3 is 62.7 Å². The second kappa shape index (κ2) is 32.9. The number of ether oxygens (including phenoxy) is 10. The van der Waals surface area contributed by atoms with Crippen molar-refractivity contribution in [2.45, 2.75) is 91.2 Å². The minimum atomic E-state index is -0.469. The predicted octanol–water partition coefficient (Wildman–Crippen LogP) is 1.47. The first-order chi connectivity index (χ1) is 20.5. The van der Waals surface area contributed by atoms with Crippen LogP contribution in [0.1, 0.15) is 48.5 Å². The van der Waals surface area contributed by atoms with Crippen LogP contribution in [0.25, 0.3) is 0 Å². The zero-order valence-corrected chi connectivity index (χ0v) is 28.1. The van der Waals surface area contributed by atoms with Gasteiger partial charge in [0.15, 0.2) is 0 Å². The van der Waals surface area contributed by atoms with E-state index in [0.29, 0.717) is 85.9 Å². The molecule has 0 spiro atoms. The predicted molar refractivity (Wildman–Crippen MR) is 163 cm³/mol. The zero-order chi connectivity index (χ0) is 32.7. The molecule has 262 valence electrons. The summed E-state index contributed by atoms with van der Waals surface area (Å²) in [7, 11) is 1.66. The smallest absolute Gasteiger partial charge is 0.0781 e. The quantitative estimate of drug-likeness (QED) is 0.0981. The lowest BCUT2D eigenvalue weighted by Crippen LogP contribution is -2.30. The van der Waals surface area contributed by atoms with Gasteiger partial charge in [0.2, 0.25) is 0 Å². The maximum atomic E-state index is 9.22. The van der Waals surface area contributed by atoms with Gasteiger partial charge in [-0.3, -0.25) is 0 Å². The standard InChI is InChI=1S/C22H46O8.C8H18O5/c1-16(23)9-25-18(3)11-27-20(5)13-29-22(7)15-30-21(6)14-28-19(4)12-26-17(2)10-24-8;9-1-3-11-5-7-13-8-6-12-4-2-10/h16-23H,9-15H2,1-8H3;9-10H,1-8H2. The first kappa shape index (κ1) is 44.6. The third-order valence-electron chi connectivity index (χ3n) is 5.32. The van der Waals surface area contributed by atoms with E-state index in [1.54, 1.807) is 14.0 Å². The Kier molecular flexibility index (Phi) is 34.1. The van der Waals surface area contributed by atoms with Crippen molar-refractivity contribution in [3.8, 4) is 0 Å². The molecule has 0 aliphatic carbocycles. The Bertz CT molecular complexity index is 534. The lowest BCUT2D eigenvalue weighted by Gasteiger charge is -2.22. The number of hydrogen-bond donors (Lipinski definition) is 3. The molecule has 7 unspecified atom stereocenters. The summed E-state index contributed by atoms with van der Waals surface area (Å²) in [5, 5.41) is 25.9. The SMILES string of the molecule is COCC(C)OCC(C)OCC(C)OCC(C)OCC(C)OCC(C)OCC(C)O.OCCOCCOCCOCCO. The first-order valence-corrected chi connectivity index (χ1v) is 15.4. The molecule has 0 radical (unpaired) electrons. The van der Waals surface area contributed by atoms with Gasteiger partial charge in [0.1, 0.15) is 0 Å². The Balaban J connectivity index is 0. The van der Waals surface area contributed by atoms with Crippen LogP contribution in [0, 0.1) is 0 Å². The highest BCUT2D eigenvalue weighted by Gasteiger charge is 2.13. The lowest BCUT2D eigenvalue weighted by molar-refractivity contribution is -0.105. The monoisotopic (exact) mass is 632 g/mol. The van der Waals surface area contributed by atoms with E-state index in [1.807, 2.05) is 41.5 Å². The Morgan fingerprint density at radius 2 is 0.651 bits per heavy atom. The summed E-state index contributed by atoms with van der Waals surface area (Å²) >= 11 is 0. The molecule has 13 nitrogen and oxygen atoms in total. The third kappa shape index (κ3) is 35.8. The van der Waals surface area contributed by atoms with Gasteiger partial charge in [-0.15, -0.1) is 0 Å². The van der Waals surface area contributed by atoms with Crippen molar-refractivity contribution in [2.75, 3.05) is 106 Å². The van der Waals surface area contributed by atoms with E-state index in [0.717, 1.165) is 0 Å². The highest BCUT2D eigenvalue weighted by Crippen LogP contribution is 2.04. The molecule has 13 heteroatoms. The number of rotatable bonds is 30. The van der Waals surface area contributed by atoms with Gasteiger partial charge in [-0.1, -0.05) is 0 Å². The summed E-state index contributed by atoms with van der Waals surface area (Å²) in [5.74, 6) is 0. The molecule has 0 aromatic rings. The zero-order valence-electron chi connectivity index (χ0n) is 28.1. The summed E-state index contributed by atoms with van der Waals surface area (Å²) in [6.45, 7) is 19.6. The van der Waals surface area contributed by atoms with Crippen molar-refractivity contribution in [3.05, 3.63) is 0 Å². The van der Waals surface area contributed by atoms with Crippen molar-refractivity contribution in [1.82, 2.24) is 0 Å². The Labute approximate surface area is 260 Å². The molecule has 0 fully saturated rings.